The van der Waals surface area contributed by atoms with Gasteiger partial charge >= 0.3 is 0 Å². The summed E-state index contributed by atoms with van der Waals surface area (Å²) >= 11 is 0. The van der Waals surface area contributed by atoms with E-state index in [0.717, 1.165) is 37.1 Å². The Bertz CT molecular complexity index is 640. The standard InChI is InChI=1S/C19H24N4/c1-15-7-10-19(21-20-15)23-13-17-8-9-18(14-23)22(12-17)11-16-5-3-2-4-6-16/h2-7,10,17-18H,8-9,11-14H2,1H3/t17-,18-/m0/s1. The Kier molecular flexibility index (Phi) is 4.00. The molecule has 0 saturated carbocycles. The summed E-state index contributed by atoms with van der Waals surface area (Å²) in [5.41, 5.74) is 2.40. The summed E-state index contributed by atoms with van der Waals surface area (Å²) in [6.07, 6.45) is 2.64. The van der Waals surface area contributed by atoms with E-state index >= 15 is 0 Å². The number of benzene rings is 1. The van der Waals surface area contributed by atoms with Crippen molar-refractivity contribution >= 4 is 5.82 Å². The Hall–Kier alpha value is -1.94. The highest BCUT2D eigenvalue weighted by molar-refractivity contribution is 5.38. The van der Waals surface area contributed by atoms with Crippen LogP contribution in [0.4, 0.5) is 5.82 Å². The Morgan fingerprint density at radius 3 is 2.61 bits per heavy atom. The molecule has 0 N–H and O–H groups in total. The van der Waals surface area contributed by atoms with E-state index in [-0.39, 0.29) is 0 Å². The molecule has 3 aliphatic heterocycles. The normalized spacial score (nSPS) is 24.7. The largest absolute Gasteiger partial charge is 0.353 e. The molecule has 1 aromatic carbocycles. The van der Waals surface area contributed by atoms with E-state index in [1.807, 2.05) is 6.92 Å². The molecule has 0 aliphatic carbocycles. The van der Waals surface area contributed by atoms with Gasteiger partial charge < -0.3 is 4.90 Å². The van der Waals surface area contributed by atoms with Gasteiger partial charge in [0.2, 0.25) is 0 Å². The van der Waals surface area contributed by atoms with Crippen molar-refractivity contribution in [3.05, 3.63) is 53.7 Å². The molecule has 0 radical (unpaired) electrons. The second-order valence-electron chi connectivity index (χ2n) is 6.95. The number of anilines is 1. The zero-order chi connectivity index (χ0) is 15.6. The van der Waals surface area contributed by atoms with Crippen LogP contribution in [0.2, 0.25) is 0 Å². The van der Waals surface area contributed by atoms with Crippen molar-refractivity contribution in [1.82, 2.24) is 15.1 Å². The van der Waals surface area contributed by atoms with Crippen LogP contribution in [0.25, 0.3) is 0 Å². The molecule has 1 aromatic heterocycles. The van der Waals surface area contributed by atoms with Crippen molar-refractivity contribution in [1.29, 1.82) is 0 Å². The number of nitrogens with zero attached hydrogens (tertiary/aromatic N) is 4. The smallest absolute Gasteiger partial charge is 0.151 e. The third-order valence-corrected chi connectivity index (χ3v) is 5.16. The molecule has 0 unspecified atom stereocenters. The van der Waals surface area contributed by atoms with Crippen LogP contribution in [0.1, 0.15) is 24.1 Å². The monoisotopic (exact) mass is 308 g/mol. The van der Waals surface area contributed by atoms with Crippen LogP contribution in [0.5, 0.6) is 0 Å². The van der Waals surface area contributed by atoms with Crippen molar-refractivity contribution in [3.63, 3.8) is 0 Å². The summed E-state index contributed by atoms with van der Waals surface area (Å²) in [6, 6.07) is 15.7. The van der Waals surface area contributed by atoms with Crippen LogP contribution in [0.3, 0.4) is 0 Å². The van der Waals surface area contributed by atoms with E-state index in [4.69, 9.17) is 0 Å². The fourth-order valence-corrected chi connectivity index (χ4v) is 3.94. The minimum Gasteiger partial charge on any atom is -0.353 e. The number of piperidine rings is 1. The maximum atomic E-state index is 4.41. The molecular weight excluding hydrogens is 284 g/mol. The quantitative estimate of drug-likeness (QED) is 0.873. The molecule has 2 aromatic rings. The summed E-state index contributed by atoms with van der Waals surface area (Å²) in [7, 11) is 0. The van der Waals surface area contributed by atoms with Crippen LogP contribution >= 0.6 is 0 Å². The van der Waals surface area contributed by atoms with E-state index in [9.17, 15) is 0 Å². The molecule has 2 bridgehead atoms. The Morgan fingerprint density at radius 1 is 0.957 bits per heavy atom. The molecule has 4 heteroatoms. The molecule has 23 heavy (non-hydrogen) atoms. The van der Waals surface area contributed by atoms with Crippen LogP contribution in [0, 0.1) is 12.8 Å². The number of rotatable bonds is 3. The van der Waals surface area contributed by atoms with E-state index in [0.29, 0.717) is 6.04 Å². The van der Waals surface area contributed by atoms with Crippen molar-refractivity contribution in [2.24, 2.45) is 5.92 Å². The minimum absolute atomic E-state index is 0.622. The number of aromatic nitrogens is 2. The molecule has 3 saturated heterocycles. The molecule has 3 fully saturated rings. The first kappa shape index (κ1) is 14.6. The van der Waals surface area contributed by atoms with E-state index in [1.165, 1.54) is 24.9 Å². The highest BCUT2D eigenvalue weighted by Crippen LogP contribution is 2.30. The average molecular weight is 308 g/mol. The topological polar surface area (TPSA) is 32.3 Å². The zero-order valence-electron chi connectivity index (χ0n) is 13.7. The van der Waals surface area contributed by atoms with Gasteiger partial charge in [-0.15, -0.1) is 5.10 Å². The van der Waals surface area contributed by atoms with Crippen molar-refractivity contribution in [2.75, 3.05) is 24.5 Å². The van der Waals surface area contributed by atoms with Gasteiger partial charge in [-0.1, -0.05) is 30.3 Å². The first-order valence-corrected chi connectivity index (χ1v) is 8.61. The summed E-state index contributed by atoms with van der Waals surface area (Å²) in [6.45, 7) is 6.44. The maximum absolute atomic E-state index is 4.41. The van der Waals surface area contributed by atoms with E-state index in [1.54, 1.807) is 0 Å². The van der Waals surface area contributed by atoms with Gasteiger partial charge in [-0.25, -0.2) is 0 Å². The lowest BCUT2D eigenvalue weighted by Crippen LogP contribution is -2.43. The van der Waals surface area contributed by atoms with Crippen molar-refractivity contribution in [2.45, 2.75) is 32.4 Å². The minimum atomic E-state index is 0.622. The molecule has 0 amide bonds. The van der Waals surface area contributed by atoms with Gasteiger partial charge in [0.05, 0.1) is 5.69 Å². The molecule has 5 rings (SSSR count). The summed E-state index contributed by atoms with van der Waals surface area (Å²) < 4.78 is 0. The fraction of sp³-hybridized carbons (Fsp3) is 0.474. The highest BCUT2D eigenvalue weighted by Gasteiger charge is 2.35. The second kappa shape index (κ2) is 6.28. The predicted molar refractivity (Wildman–Crippen MR) is 92.3 cm³/mol. The van der Waals surface area contributed by atoms with E-state index < -0.39 is 0 Å². The Labute approximate surface area is 138 Å². The first-order valence-electron chi connectivity index (χ1n) is 8.61. The van der Waals surface area contributed by atoms with E-state index in [2.05, 4.69) is 62.5 Å². The lowest BCUT2D eigenvalue weighted by atomic mass is 9.94. The summed E-state index contributed by atoms with van der Waals surface area (Å²) in [5.74, 6) is 1.77. The van der Waals surface area contributed by atoms with Gasteiger partial charge in [0, 0.05) is 32.2 Å². The zero-order valence-corrected chi connectivity index (χ0v) is 13.7. The first-order chi connectivity index (χ1) is 11.3. The van der Waals surface area contributed by atoms with Gasteiger partial charge in [-0.2, -0.15) is 5.10 Å². The Balaban J connectivity index is 1.51. The van der Waals surface area contributed by atoms with Gasteiger partial charge in [0.25, 0.3) is 0 Å². The molecule has 4 nitrogen and oxygen atoms in total. The molecule has 2 atom stereocenters. The van der Waals surface area contributed by atoms with Crippen LogP contribution < -0.4 is 4.90 Å². The number of fused-ring (bicyclic) bond motifs is 4. The SMILES string of the molecule is Cc1ccc(N2C[C@H]3CC[C@@H](C2)N(Cc2ccccc2)C3)nn1. The molecule has 120 valence electrons. The third-order valence-electron chi connectivity index (χ3n) is 5.16. The van der Waals surface area contributed by atoms with Gasteiger partial charge in [0.1, 0.15) is 0 Å². The number of hydrogen-bond donors (Lipinski definition) is 0. The van der Waals surface area contributed by atoms with Crippen LogP contribution in [-0.4, -0.2) is 40.8 Å². The molecular formula is C19H24N4. The van der Waals surface area contributed by atoms with Crippen molar-refractivity contribution < 1.29 is 0 Å². The number of hydrogen-bond acceptors (Lipinski definition) is 4. The summed E-state index contributed by atoms with van der Waals surface area (Å²) in [4.78, 5) is 5.12. The van der Waals surface area contributed by atoms with Crippen molar-refractivity contribution in [3.8, 4) is 0 Å². The molecule has 0 spiro atoms. The van der Waals surface area contributed by atoms with Crippen LogP contribution in [0.15, 0.2) is 42.5 Å². The third kappa shape index (κ3) is 3.22. The number of aryl methyl sites for hydroxylation is 1. The van der Waals surface area contributed by atoms with Crippen LogP contribution in [-0.2, 0) is 6.54 Å². The molecule has 4 heterocycles. The average Bonchev–Trinajstić information content (AvgIpc) is 2.88. The van der Waals surface area contributed by atoms with Gasteiger partial charge in [-0.3, -0.25) is 4.90 Å². The fourth-order valence-electron chi connectivity index (χ4n) is 3.94. The van der Waals surface area contributed by atoms with Gasteiger partial charge in [-0.05, 0) is 43.4 Å². The lowest BCUT2D eigenvalue weighted by Gasteiger charge is -2.36. The molecule has 3 aliphatic rings. The summed E-state index contributed by atoms with van der Waals surface area (Å²) in [5, 5.41) is 8.64. The Morgan fingerprint density at radius 2 is 1.83 bits per heavy atom. The maximum Gasteiger partial charge on any atom is 0.151 e. The lowest BCUT2D eigenvalue weighted by molar-refractivity contribution is 0.126. The van der Waals surface area contributed by atoms with Gasteiger partial charge in [0.15, 0.2) is 5.82 Å². The highest BCUT2D eigenvalue weighted by atomic mass is 15.3. The second-order valence-corrected chi connectivity index (χ2v) is 6.95. The predicted octanol–water partition coefficient (Wildman–Crippen LogP) is 2.89.